The second-order valence-corrected chi connectivity index (χ2v) is 7.54. The molecule has 3 heterocycles. The smallest absolute Gasteiger partial charge is 0.364 e. The van der Waals surface area contributed by atoms with Crippen molar-refractivity contribution in [2.75, 3.05) is 13.2 Å². The van der Waals surface area contributed by atoms with Crippen LogP contribution in [0, 0.1) is 5.82 Å². The minimum Gasteiger partial charge on any atom is -0.486 e. The number of allylic oxidation sites excluding steroid dienone is 2. The van der Waals surface area contributed by atoms with Gasteiger partial charge >= 0.3 is 5.97 Å². The van der Waals surface area contributed by atoms with Gasteiger partial charge in [-0.15, -0.1) is 0 Å². The van der Waals surface area contributed by atoms with Crippen LogP contribution >= 0.6 is 0 Å². The number of ether oxygens (including phenoxy) is 4. The Balaban J connectivity index is 1.48. The Hall–Kier alpha value is -4.39. The number of fused-ring (bicyclic) bond motifs is 2. The molecule has 7 heteroatoms. The third-order valence-corrected chi connectivity index (χ3v) is 5.44. The summed E-state index contributed by atoms with van der Waals surface area (Å²) in [4.78, 5) is 17.2. The summed E-state index contributed by atoms with van der Waals surface area (Å²) in [7, 11) is 0. The fraction of sp³-hybridized carbons (Fsp3) is 0.0769. The van der Waals surface area contributed by atoms with Crippen molar-refractivity contribution in [1.29, 1.82) is 0 Å². The highest BCUT2D eigenvalue weighted by Gasteiger charge is 2.31. The van der Waals surface area contributed by atoms with Gasteiger partial charge in [-0.05, 0) is 54.6 Å². The molecule has 3 aliphatic rings. The first-order chi connectivity index (χ1) is 16.2. The van der Waals surface area contributed by atoms with E-state index in [0.717, 1.165) is 11.1 Å². The van der Waals surface area contributed by atoms with Crippen LogP contribution in [0.3, 0.4) is 0 Å². The van der Waals surface area contributed by atoms with Gasteiger partial charge in [0.25, 0.3) is 0 Å². The van der Waals surface area contributed by atoms with Crippen molar-refractivity contribution in [3.05, 3.63) is 101 Å². The van der Waals surface area contributed by atoms with Crippen molar-refractivity contribution in [2.45, 2.75) is 0 Å². The molecule has 0 aliphatic carbocycles. The van der Waals surface area contributed by atoms with E-state index in [0.29, 0.717) is 47.4 Å². The highest BCUT2D eigenvalue weighted by Crippen LogP contribution is 2.41. The minimum absolute atomic E-state index is 0.126. The molecule has 0 saturated heterocycles. The van der Waals surface area contributed by atoms with Gasteiger partial charge in [-0.3, -0.25) is 0 Å². The maximum absolute atomic E-state index is 13.3. The van der Waals surface area contributed by atoms with Crippen LogP contribution in [0.2, 0.25) is 0 Å². The molecule has 3 aromatic rings. The van der Waals surface area contributed by atoms with Crippen molar-refractivity contribution >= 4 is 23.2 Å². The predicted octanol–water partition coefficient (Wildman–Crippen LogP) is 4.75. The largest absolute Gasteiger partial charge is 0.486 e. The number of para-hydroxylation sites is 1. The Labute approximate surface area is 188 Å². The third kappa shape index (κ3) is 3.43. The zero-order valence-corrected chi connectivity index (χ0v) is 17.2. The molecule has 0 N–H and O–H groups in total. The van der Waals surface area contributed by atoms with Gasteiger partial charge in [0, 0.05) is 22.3 Å². The number of carbonyl (C=O) groups excluding carboxylic acids is 1. The minimum atomic E-state index is -0.584. The van der Waals surface area contributed by atoms with Crippen molar-refractivity contribution in [2.24, 2.45) is 4.99 Å². The number of halogens is 1. The number of hydrogen-bond donors (Lipinski definition) is 0. The molecule has 0 saturated carbocycles. The van der Waals surface area contributed by atoms with Crippen molar-refractivity contribution in [3.8, 4) is 17.2 Å². The standard InChI is InChI=1S/C26H16FNO5/c27-17-8-5-15(6-9-17)25-28-24(26(29)33-25)19-14-22(32-20-4-2-1-3-18(19)20)16-7-10-21-23(13-16)31-12-11-30-21/h1-10,13-14H,11-12H2. The summed E-state index contributed by atoms with van der Waals surface area (Å²) in [5, 5.41) is 0. The van der Waals surface area contributed by atoms with E-state index in [1.807, 2.05) is 42.5 Å². The van der Waals surface area contributed by atoms with E-state index in [1.54, 1.807) is 6.08 Å². The molecule has 0 bridgehead atoms. The van der Waals surface area contributed by atoms with E-state index in [2.05, 4.69) is 4.99 Å². The zero-order chi connectivity index (χ0) is 22.4. The monoisotopic (exact) mass is 441 g/mol. The van der Waals surface area contributed by atoms with Gasteiger partial charge in [-0.2, -0.15) is 0 Å². The molecule has 0 amide bonds. The number of rotatable bonds is 2. The average Bonchev–Trinajstić information content (AvgIpc) is 3.24. The maximum atomic E-state index is 13.3. The van der Waals surface area contributed by atoms with Crippen molar-refractivity contribution < 1.29 is 28.1 Å². The van der Waals surface area contributed by atoms with Gasteiger partial charge in [0.1, 0.15) is 30.5 Å². The number of hydrogen-bond acceptors (Lipinski definition) is 6. The highest BCUT2D eigenvalue weighted by atomic mass is 19.1. The van der Waals surface area contributed by atoms with Gasteiger partial charge in [-0.1, -0.05) is 18.2 Å². The molecule has 6 nitrogen and oxygen atoms in total. The maximum Gasteiger partial charge on any atom is 0.364 e. The van der Waals surface area contributed by atoms with Crippen LogP contribution < -0.4 is 14.2 Å². The van der Waals surface area contributed by atoms with E-state index in [9.17, 15) is 9.18 Å². The predicted molar refractivity (Wildman–Crippen MR) is 118 cm³/mol. The number of esters is 1. The molecule has 0 atom stereocenters. The summed E-state index contributed by atoms with van der Waals surface area (Å²) in [5.74, 6) is 1.59. The number of cyclic esters (lactones) is 1. The fourth-order valence-corrected chi connectivity index (χ4v) is 3.86. The highest BCUT2D eigenvalue weighted by molar-refractivity contribution is 6.15. The van der Waals surface area contributed by atoms with Crippen LogP contribution in [0.4, 0.5) is 4.39 Å². The Morgan fingerprint density at radius 2 is 1.55 bits per heavy atom. The molecule has 162 valence electrons. The van der Waals surface area contributed by atoms with E-state index >= 15 is 0 Å². The first kappa shape index (κ1) is 19.3. The van der Waals surface area contributed by atoms with Crippen LogP contribution in [0.15, 0.2) is 83.5 Å². The van der Waals surface area contributed by atoms with Gasteiger partial charge in [-0.25, -0.2) is 14.2 Å². The summed E-state index contributed by atoms with van der Waals surface area (Å²) in [6, 6.07) is 18.6. The second kappa shape index (κ2) is 7.63. The van der Waals surface area contributed by atoms with E-state index in [-0.39, 0.29) is 17.4 Å². The lowest BCUT2D eigenvalue weighted by Gasteiger charge is -2.23. The molecule has 6 rings (SSSR count). The average molecular weight is 441 g/mol. The van der Waals surface area contributed by atoms with Gasteiger partial charge < -0.3 is 18.9 Å². The van der Waals surface area contributed by atoms with Crippen LogP contribution in [0.5, 0.6) is 17.2 Å². The molecular weight excluding hydrogens is 425 g/mol. The van der Waals surface area contributed by atoms with Crippen LogP contribution in [0.1, 0.15) is 16.7 Å². The quantitative estimate of drug-likeness (QED) is 0.424. The Morgan fingerprint density at radius 1 is 0.788 bits per heavy atom. The lowest BCUT2D eigenvalue weighted by atomic mass is 9.97. The second-order valence-electron chi connectivity index (χ2n) is 7.54. The number of carbonyl (C=O) groups is 1. The van der Waals surface area contributed by atoms with Gasteiger partial charge in [0.2, 0.25) is 5.90 Å². The molecule has 0 radical (unpaired) electrons. The first-order valence-corrected chi connectivity index (χ1v) is 10.4. The molecule has 0 fully saturated rings. The van der Waals surface area contributed by atoms with E-state index in [4.69, 9.17) is 18.9 Å². The summed E-state index contributed by atoms with van der Waals surface area (Å²) >= 11 is 0. The Bertz CT molecular complexity index is 1390. The molecular formula is C26H16FNO5. The van der Waals surface area contributed by atoms with E-state index in [1.165, 1.54) is 24.3 Å². The van der Waals surface area contributed by atoms with Crippen LogP contribution in [-0.4, -0.2) is 25.1 Å². The molecule has 3 aromatic carbocycles. The lowest BCUT2D eigenvalue weighted by molar-refractivity contribution is -0.129. The first-order valence-electron chi connectivity index (χ1n) is 10.4. The molecule has 3 aliphatic heterocycles. The topological polar surface area (TPSA) is 66.4 Å². The normalized spacial score (nSPS) is 18.6. The molecule has 0 aromatic heterocycles. The summed E-state index contributed by atoms with van der Waals surface area (Å²) in [6.07, 6.45) is 1.77. The van der Waals surface area contributed by atoms with Crippen molar-refractivity contribution in [1.82, 2.24) is 0 Å². The van der Waals surface area contributed by atoms with Crippen LogP contribution in [-0.2, 0) is 9.53 Å². The number of nitrogens with zero attached hydrogens (tertiary/aromatic N) is 1. The summed E-state index contributed by atoms with van der Waals surface area (Å²) in [5.41, 5.74) is 2.72. The van der Waals surface area contributed by atoms with Gasteiger partial charge in [0.15, 0.2) is 17.2 Å². The number of benzene rings is 3. The van der Waals surface area contributed by atoms with Crippen molar-refractivity contribution in [3.63, 3.8) is 0 Å². The SMILES string of the molecule is O=C1OC(c2ccc(F)cc2)=NC1=C1C=C(c2ccc3c(c2)OCCO3)Oc2ccccc21. The zero-order valence-electron chi connectivity index (χ0n) is 17.2. The van der Waals surface area contributed by atoms with E-state index < -0.39 is 5.97 Å². The summed E-state index contributed by atoms with van der Waals surface area (Å²) in [6.45, 7) is 0.979. The summed E-state index contributed by atoms with van der Waals surface area (Å²) < 4.78 is 36.2. The molecule has 0 spiro atoms. The Morgan fingerprint density at radius 3 is 2.39 bits per heavy atom. The molecule has 33 heavy (non-hydrogen) atoms. The lowest BCUT2D eigenvalue weighted by Crippen LogP contribution is -2.15. The Kier molecular flexibility index (Phi) is 4.47. The molecule has 0 unspecified atom stereocenters. The fourth-order valence-electron chi connectivity index (χ4n) is 3.86. The third-order valence-electron chi connectivity index (χ3n) is 5.44. The van der Waals surface area contributed by atoms with Gasteiger partial charge in [0.05, 0.1) is 0 Å². The van der Waals surface area contributed by atoms with Crippen LogP contribution in [0.25, 0.3) is 11.3 Å². The number of aliphatic imine (C=N–C) groups is 1.